The third kappa shape index (κ3) is 2.29. The van der Waals surface area contributed by atoms with Crippen molar-refractivity contribution in [3.8, 4) is 17.3 Å². The van der Waals surface area contributed by atoms with Crippen molar-refractivity contribution < 1.29 is 0 Å². The van der Waals surface area contributed by atoms with E-state index in [1.165, 1.54) is 16.3 Å². The fraction of sp³-hybridized carbons (Fsp3) is 0.0625. The van der Waals surface area contributed by atoms with Crippen LogP contribution < -0.4 is 5.32 Å². The molecule has 3 aromatic rings. The van der Waals surface area contributed by atoms with Crippen LogP contribution in [-0.2, 0) is 0 Å². The number of anilines is 1. The lowest BCUT2D eigenvalue weighted by Crippen LogP contribution is -1.94. The minimum Gasteiger partial charge on any atom is -0.261 e. The van der Waals surface area contributed by atoms with Crippen molar-refractivity contribution >= 4 is 16.7 Å². The van der Waals surface area contributed by atoms with Crippen molar-refractivity contribution in [2.45, 2.75) is 6.92 Å². The lowest BCUT2D eigenvalue weighted by atomic mass is 10.0. The number of nitrogens with one attached hydrogen (secondary N) is 1. The van der Waals surface area contributed by atoms with Crippen LogP contribution in [-0.4, -0.2) is 9.97 Å². The van der Waals surface area contributed by atoms with Gasteiger partial charge in [-0.05, 0) is 29.3 Å². The van der Waals surface area contributed by atoms with Gasteiger partial charge in [-0.1, -0.05) is 35.9 Å². The molecule has 0 amide bonds. The van der Waals surface area contributed by atoms with E-state index in [2.05, 4.69) is 58.6 Å². The molecule has 0 aliphatic carbocycles. The molecule has 1 N–H and O–H groups in total. The number of aryl methyl sites for hydroxylation is 1. The van der Waals surface area contributed by atoms with Gasteiger partial charge in [0.15, 0.2) is 6.19 Å². The maximum atomic E-state index is 8.51. The minimum atomic E-state index is 0.313. The molecular formula is C16H12N4. The molecular weight excluding hydrogens is 248 g/mol. The van der Waals surface area contributed by atoms with Gasteiger partial charge in [-0.2, -0.15) is 5.26 Å². The SMILES string of the molecule is Cc1ccc2cc(-c3cnc(NC#N)nc3)ccc2c1. The lowest BCUT2D eigenvalue weighted by Gasteiger charge is -2.05. The van der Waals surface area contributed by atoms with Crippen LogP contribution in [0, 0.1) is 18.4 Å². The number of nitriles is 1. The molecule has 0 bridgehead atoms. The molecule has 0 fully saturated rings. The molecule has 0 radical (unpaired) electrons. The normalized spacial score (nSPS) is 10.2. The predicted molar refractivity (Wildman–Crippen MR) is 78.9 cm³/mol. The zero-order valence-corrected chi connectivity index (χ0v) is 11.0. The Morgan fingerprint density at radius 1 is 0.950 bits per heavy atom. The third-order valence-corrected chi connectivity index (χ3v) is 3.15. The maximum Gasteiger partial charge on any atom is 0.236 e. The Balaban J connectivity index is 2.01. The van der Waals surface area contributed by atoms with Gasteiger partial charge in [-0.15, -0.1) is 0 Å². The van der Waals surface area contributed by atoms with Crippen LogP contribution in [0.1, 0.15) is 5.56 Å². The fourth-order valence-corrected chi connectivity index (χ4v) is 2.14. The van der Waals surface area contributed by atoms with E-state index in [9.17, 15) is 0 Å². The molecule has 0 unspecified atom stereocenters. The average molecular weight is 260 g/mol. The number of fused-ring (bicyclic) bond motifs is 1. The molecule has 2 aromatic carbocycles. The van der Waals surface area contributed by atoms with Gasteiger partial charge in [0.25, 0.3) is 0 Å². The Hall–Kier alpha value is -2.93. The molecule has 20 heavy (non-hydrogen) atoms. The summed E-state index contributed by atoms with van der Waals surface area (Å²) >= 11 is 0. The summed E-state index contributed by atoms with van der Waals surface area (Å²) in [5, 5.41) is 13.3. The summed E-state index contributed by atoms with van der Waals surface area (Å²) in [5.74, 6) is 0.313. The number of hydrogen-bond donors (Lipinski definition) is 1. The quantitative estimate of drug-likeness (QED) is 0.566. The summed E-state index contributed by atoms with van der Waals surface area (Å²) in [6.45, 7) is 2.09. The Kier molecular flexibility index (Phi) is 3.02. The van der Waals surface area contributed by atoms with Crippen molar-refractivity contribution in [3.63, 3.8) is 0 Å². The molecule has 1 aromatic heterocycles. The highest BCUT2D eigenvalue weighted by Gasteiger charge is 2.02. The van der Waals surface area contributed by atoms with Gasteiger partial charge in [-0.25, -0.2) is 9.97 Å². The van der Waals surface area contributed by atoms with Gasteiger partial charge in [0.1, 0.15) is 0 Å². The first-order valence-corrected chi connectivity index (χ1v) is 6.24. The summed E-state index contributed by atoms with van der Waals surface area (Å²) < 4.78 is 0. The highest BCUT2D eigenvalue weighted by molar-refractivity contribution is 5.87. The smallest absolute Gasteiger partial charge is 0.236 e. The van der Waals surface area contributed by atoms with E-state index in [-0.39, 0.29) is 0 Å². The van der Waals surface area contributed by atoms with Crippen LogP contribution in [0.2, 0.25) is 0 Å². The van der Waals surface area contributed by atoms with Crippen LogP contribution in [0.25, 0.3) is 21.9 Å². The van der Waals surface area contributed by atoms with Crippen LogP contribution in [0.3, 0.4) is 0 Å². The molecule has 4 nitrogen and oxygen atoms in total. The summed E-state index contributed by atoms with van der Waals surface area (Å²) in [4.78, 5) is 8.19. The number of hydrogen-bond acceptors (Lipinski definition) is 4. The van der Waals surface area contributed by atoms with Gasteiger partial charge in [0.05, 0.1) is 0 Å². The van der Waals surface area contributed by atoms with Crippen molar-refractivity contribution in [2.75, 3.05) is 5.32 Å². The van der Waals surface area contributed by atoms with Crippen molar-refractivity contribution in [1.82, 2.24) is 9.97 Å². The first kappa shape index (κ1) is 12.1. The van der Waals surface area contributed by atoms with Gasteiger partial charge in [0.2, 0.25) is 5.95 Å². The van der Waals surface area contributed by atoms with E-state index in [0.29, 0.717) is 5.95 Å². The standard InChI is InChI=1S/C16H12N4/c1-11-2-3-13-7-14(5-4-12(13)6-11)15-8-18-16(19-9-15)20-10-17/h2-9H,1H3,(H,18,19,20). The summed E-state index contributed by atoms with van der Waals surface area (Å²) in [6, 6.07) is 12.6. The minimum absolute atomic E-state index is 0.313. The molecule has 3 rings (SSSR count). The molecule has 0 saturated carbocycles. The molecule has 96 valence electrons. The van der Waals surface area contributed by atoms with Gasteiger partial charge in [0, 0.05) is 18.0 Å². The lowest BCUT2D eigenvalue weighted by molar-refractivity contribution is 1.17. The third-order valence-electron chi connectivity index (χ3n) is 3.15. The van der Waals surface area contributed by atoms with Crippen LogP contribution in [0.15, 0.2) is 48.8 Å². The Labute approximate surface area is 116 Å². The predicted octanol–water partition coefficient (Wildman–Crippen LogP) is 3.50. The Bertz CT molecular complexity index is 801. The first-order chi connectivity index (χ1) is 9.76. The van der Waals surface area contributed by atoms with Gasteiger partial charge < -0.3 is 0 Å². The number of nitrogens with zero attached hydrogens (tertiary/aromatic N) is 3. The summed E-state index contributed by atoms with van der Waals surface area (Å²) in [6.07, 6.45) is 5.22. The molecule has 0 aliphatic heterocycles. The highest BCUT2D eigenvalue weighted by Crippen LogP contribution is 2.24. The van der Waals surface area contributed by atoms with E-state index in [4.69, 9.17) is 5.26 Å². The molecule has 0 spiro atoms. The zero-order chi connectivity index (χ0) is 13.9. The maximum absolute atomic E-state index is 8.51. The highest BCUT2D eigenvalue weighted by atomic mass is 15.1. The molecule has 0 aliphatic rings. The molecule has 4 heteroatoms. The van der Waals surface area contributed by atoms with E-state index in [1.54, 1.807) is 18.6 Å². The topological polar surface area (TPSA) is 61.6 Å². The van der Waals surface area contributed by atoms with Gasteiger partial charge >= 0.3 is 0 Å². The number of benzene rings is 2. The Morgan fingerprint density at radius 2 is 1.65 bits per heavy atom. The van der Waals surface area contributed by atoms with Crippen molar-refractivity contribution in [1.29, 1.82) is 5.26 Å². The first-order valence-electron chi connectivity index (χ1n) is 6.24. The monoisotopic (exact) mass is 260 g/mol. The van der Waals surface area contributed by atoms with E-state index >= 15 is 0 Å². The molecule has 0 atom stereocenters. The van der Waals surface area contributed by atoms with Crippen LogP contribution in [0.5, 0.6) is 0 Å². The second-order valence-electron chi connectivity index (χ2n) is 4.60. The second-order valence-corrected chi connectivity index (χ2v) is 4.60. The fourth-order valence-electron chi connectivity index (χ4n) is 2.14. The van der Waals surface area contributed by atoms with Gasteiger partial charge in [-0.3, -0.25) is 5.32 Å². The zero-order valence-electron chi connectivity index (χ0n) is 11.0. The van der Waals surface area contributed by atoms with E-state index in [1.807, 2.05) is 0 Å². The average Bonchev–Trinajstić information content (AvgIpc) is 2.48. The van der Waals surface area contributed by atoms with E-state index in [0.717, 1.165) is 11.1 Å². The van der Waals surface area contributed by atoms with Crippen LogP contribution in [0.4, 0.5) is 5.95 Å². The second kappa shape index (κ2) is 4.98. The summed E-state index contributed by atoms with van der Waals surface area (Å²) in [7, 11) is 0. The van der Waals surface area contributed by atoms with Crippen LogP contribution >= 0.6 is 0 Å². The van der Waals surface area contributed by atoms with E-state index < -0.39 is 0 Å². The molecule has 1 heterocycles. The van der Waals surface area contributed by atoms with Crippen molar-refractivity contribution in [2.24, 2.45) is 0 Å². The van der Waals surface area contributed by atoms with Crippen molar-refractivity contribution in [3.05, 3.63) is 54.4 Å². The molecule has 0 saturated heterocycles. The number of aromatic nitrogens is 2. The largest absolute Gasteiger partial charge is 0.261 e. The number of rotatable bonds is 2. The Morgan fingerprint density at radius 3 is 2.40 bits per heavy atom. The summed E-state index contributed by atoms with van der Waals surface area (Å²) in [5.41, 5.74) is 3.24.